The van der Waals surface area contributed by atoms with Crippen molar-refractivity contribution in [3.8, 4) is 5.75 Å². The highest BCUT2D eigenvalue weighted by Gasteiger charge is 2.21. The first kappa shape index (κ1) is 28.4. The number of rotatable bonds is 9. The molecule has 7 nitrogen and oxygen atoms in total. The lowest BCUT2D eigenvalue weighted by Crippen LogP contribution is -2.47. The van der Waals surface area contributed by atoms with Gasteiger partial charge in [-0.15, -0.1) is 0 Å². The van der Waals surface area contributed by atoms with Gasteiger partial charge in [-0.25, -0.2) is 4.39 Å². The summed E-state index contributed by atoms with van der Waals surface area (Å²) in [5, 5.41) is 0.862. The number of hydrogen-bond donors (Lipinski definition) is 0. The zero-order valence-corrected chi connectivity index (χ0v) is 23.9. The molecule has 0 aliphatic carbocycles. The Morgan fingerprint density at radius 3 is 2.48 bits per heavy atom. The Bertz CT molecular complexity index is 1430. The summed E-state index contributed by atoms with van der Waals surface area (Å²) in [6, 6.07) is 9.27. The number of aliphatic imine (C=N–C) groups is 1. The van der Waals surface area contributed by atoms with Crippen LogP contribution in [0.2, 0.25) is 10.0 Å². The van der Waals surface area contributed by atoms with Gasteiger partial charge in [0.2, 0.25) is 0 Å². The number of halogens is 3. The molecule has 0 saturated carbocycles. The Balaban J connectivity index is 1.23. The molecule has 5 rings (SSSR count). The van der Waals surface area contributed by atoms with E-state index in [0.717, 1.165) is 43.0 Å². The molecule has 2 aliphatic heterocycles. The van der Waals surface area contributed by atoms with Crippen LogP contribution in [0.1, 0.15) is 47.9 Å². The zero-order valence-electron chi connectivity index (χ0n) is 22.4. The fourth-order valence-corrected chi connectivity index (χ4v) is 5.64. The molecule has 0 amide bonds. The first-order valence-electron chi connectivity index (χ1n) is 13.2. The number of fused-ring (bicyclic) bond motifs is 1. The van der Waals surface area contributed by atoms with Gasteiger partial charge in [-0.3, -0.25) is 29.6 Å². The summed E-state index contributed by atoms with van der Waals surface area (Å²) in [6.07, 6.45) is 5.66. The second-order valence-electron chi connectivity index (χ2n) is 10.1. The van der Waals surface area contributed by atoms with Crippen LogP contribution in [0, 0.1) is 0 Å². The molecule has 0 unspecified atom stereocenters. The molecule has 1 fully saturated rings. The number of ketones is 1. The van der Waals surface area contributed by atoms with E-state index in [2.05, 4.69) is 24.8 Å². The number of nitrogens with zero attached hydrogens (tertiary/aromatic N) is 5. The van der Waals surface area contributed by atoms with E-state index in [1.54, 1.807) is 19.2 Å². The standard InChI is InChI=1S/C30H30Cl2FN5O2/c1-19(39)17-37-7-9-38(10-8-37)18-23-5-3-22(14-35-23)28(33)12-29-25-11-24(6-4-21(25)13-36-29)40-20(2)30-26(31)15-34-16-27(30)32/h3-6,11-12,14-16,20H,7-10,13,17-18H2,1-2H3/b28-12-/t20-/m1/s1. The molecule has 40 heavy (non-hydrogen) atoms. The van der Waals surface area contributed by atoms with Gasteiger partial charge in [-0.2, -0.15) is 0 Å². The van der Waals surface area contributed by atoms with Crippen LogP contribution in [0.3, 0.4) is 0 Å². The van der Waals surface area contributed by atoms with Crippen molar-refractivity contribution in [1.29, 1.82) is 0 Å². The Morgan fingerprint density at radius 1 is 1.07 bits per heavy atom. The molecule has 0 N–H and O–H groups in total. The molecule has 2 aliphatic rings. The van der Waals surface area contributed by atoms with E-state index in [9.17, 15) is 4.79 Å². The maximum Gasteiger partial charge on any atom is 0.143 e. The summed E-state index contributed by atoms with van der Waals surface area (Å²) in [7, 11) is 0. The summed E-state index contributed by atoms with van der Waals surface area (Å²) < 4.78 is 21.4. The van der Waals surface area contributed by atoms with Gasteiger partial charge in [0, 0.05) is 74.1 Å². The highest BCUT2D eigenvalue weighted by atomic mass is 35.5. The molecule has 2 aromatic heterocycles. The predicted molar refractivity (Wildman–Crippen MR) is 156 cm³/mol. The van der Waals surface area contributed by atoms with Gasteiger partial charge in [0.25, 0.3) is 0 Å². The number of ether oxygens (including phenoxy) is 1. The maximum absolute atomic E-state index is 15.3. The first-order valence-corrected chi connectivity index (χ1v) is 13.9. The fourth-order valence-electron chi connectivity index (χ4n) is 4.97. The summed E-state index contributed by atoms with van der Waals surface area (Å²) in [5.74, 6) is 0.387. The third-order valence-electron chi connectivity index (χ3n) is 7.05. The van der Waals surface area contributed by atoms with Crippen LogP contribution >= 0.6 is 23.2 Å². The maximum atomic E-state index is 15.3. The van der Waals surface area contributed by atoms with Crippen molar-refractivity contribution in [3.05, 3.63) is 93.0 Å². The minimum Gasteiger partial charge on any atom is -0.486 e. The summed E-state index contributed by atoms with van der Waals surface area (Å²) in [4.78, 5) is 28.8. The molecule has 10 heteroatoms. The number of allylic oxidation sites excluding steroid dienone is 1. The number of hydrogen-bond acceptors (Lipinski definition) is 7. The molecular formula is C30H30Cl2FN5O2. The summed E-state index contributed by atoms with van der Waals surface area (Å²) >= 11 is 12.6. The highest BCUT2D eigenvalue weighted by molar-refractivity contribution is 6.35. The molecule has 208 valence electrons. The monoisotopic (exact) mass is 581 g/mol. The number of carbonyl (C=O) groups excluding carboxylic acids is 1. The van der Waals surface area contributed by atoms with Crippen LogP contribution in [0.25, 0.3) is 5.83 Å². The van der Waals surface area contributed by atoms with Crippen molar-refractivity contribution >= 4 is 40.5 Å². The number of aromatic nitrogens is 2. The second-order valence-corrected chi connectivity index (χ2v) is 10.9. The van der Waals surface area contributed by atoms with Gasteiger partial charge in [0.1, 0.15) is 23.5 Å². The van der Waals surface area contributed by atoms with Crippen molar-refractivity contribution in [1.82, 2.24) is 19.8 Å². The van der Waals surface area contributed by atoms with Crippen molar-refractivity contribution in [2.45, 2.75) is 33.0 Å². The van der Waals surface area contributed by atoms with Crippen LogP contribution in [0.4, 0.5) is 4.39 Å². The molecule has 3 aromatic rings. The van der Waals surface area contributed by atoms with E-state index >= 15 is 4.39 Å². The second kappa shape index (κ2) is 12.6. The Hall–Kier alpha value is -3.17. The molecule has 1 aromatic carbocycles. The highest BCUT2D eigenvalue weighted by Crippen LogP contribution is 2.34. The Morgan fingerprint density at radius 2 is 1.80 bits per heavy atom. The van der Waals surface area contributed by atoms with Crippen LogP contribution < -0.4 is 4.74 Å². The number of carbonyl (C=O) groups is 1. The quantitative estimate of drug-likeness (QED) is 0.311. The molecule has 4 heterocycles. The van der Waals surface area contributed by atoms with Crippen LogP contribution in [-0.4, -0.2) is 64.0 Å². The minimum absolute atomic E-state index is 0.188. The van der Waals surface area contributed by atoms with Crippen molar-refractivity contribution < 1.29 is 13.9 Å². The lowest BCUT2D eigenvalue weighted by molar-refractivity contribution is -0.118. The van der Waals surface area contributed by atoms with Crippen LogP contribution in [0.15, 0.2) is 60.0 Å². The van der Waals surface area contributed by atoms with Gasteiger partial charge in [-0.05, 0) is 43.7 Å². The first-order chi connectivity index (χ1) is 19.3. The summed E-state index contributed by atoms with van der Waals surface area (Å²) in [5.41, 5.74) is 4.30. The van der Waals surface area contributed by atoms with Gasteiger partial charge < -0.3 is 4.74 Å². The smallest absolute Gasteiger partial charge is 0.143 e. The van der Waals surface area contributed by atoms with Gasteiger partial charge in [-0.1, -0.05) is 29.3 Å². The van der Waals surface area contributed by atoms with E-state index in [1.807, 2.05) is 31.2 Å². The topological polar surface area (TPSA) is 70.9 Å². The lowest BCUT2D eigenvalue weighted by atomic mass is 10.0. The van der Waals surface area contributed by atoms with E-state index in [1.165, 1.54) is 18.5 Å². The third kappa shape index (κ3) is 6.75. The van der Waals surface area contributed by atoms with Crippen molar-refractivity contribution in [2.24, 2.45) is 4.99 Å². The van der Waals surface area contributed by atoms with E-state index in [-0.39, 0.29) is 5.78 Å². The number of benzene rings is 1. The minimum atomic E-state index is -0.413. The average Bonchev–Trinajstić information content (AvgIpc) is 3.31. The molecule has 1 saturated heterocycles. The third-order valence-corrected chi connectivity index (χ3v) is 7.65. The SMILES string of the molecule is CC(=O)CN1CCN(Cc2ccc(/C(F)=C/C3=NCc4ccc(O[C@H](C)c5c(Cl)cncc5Cl)cc43)cn2)CC1. The molecule has 1 atom stereocenters. The average molecular weight is 583 g/mol. The van der Waals surface area contributed by atoms with Gasteiger partial charge in [0.15, 0.2) is 0 Å². The van der Waals surface area contributed by atoms with Gasteiger partial charge >= 0.3 is 0 Å². The van der Waals surface area contributed by atoms with Crippen molar-refractivity contribution in [2.75, 3.05) is 32.7 Å². The van der Waals surface area contributed by atoms with Crippen LogP contribution in [-0.2, 0) is 17.9 Å². The number of Topliss-reactive ketones (excluding diaryl/α,β-unsaturated/α-hetero) is 1. The Labute approximate surface area is 243 Å². The lowest BCUT2D eigenvalue weighted by Gasteiger charge is -2.33. The van der Waals surface area contributed by atoms with Gasteiger partial charge in [0.05, 0.1) is 34.5 Å². The van der Waals surface area contributed by atoms with E-state index in [0.29, 0.717) is 52.3 Å². The molecule has 0 spiro atoms. The fraction of sp³-hybridized carbons (Fsp3) is 0.333. The van der Waals surface area contributed by atoms with Crippen LogP contribution in [0.5, 0.6) is 5.75 Å². The zero-order chi connectivity index (χ0) is 28.2. The largest absolute Gasteiger partial charge is 0.486 e. The number of piperazine rings is 1. The van der Waals surface area contributed by atoms with E-state index < -0.39 is 11.9 Å². The molecule has 0 bridgehead atoms. The Kier molecular flexibility index (Phi) is 8.90. The van der Waals surface area contributed by atoms with Crippen molar-refractivity contribution in [3.63, 3.8) is 0 Å². The normalized spacial score (nSPS) is 16.9. The predicted octanol–water partition coefficient (Wildman–Crippen LogP) is 5.94. The summed E-state index contributed by atoms with van der Waals surface area (Å²) in [6.45, 7) is 8.61. The molecule has 0 radical (unpaired) electrons. The molecular weight excluding hydrogens is 552 g/mol. The number of pyridine rings is 2. The van der Waals surface area contributed by atoms with E-state index in [4.69, 9.17) is 27.9 Å².